The van der Waals surface area contributed by atoms with Gasteiger partial charge >= 0.3 is 0 Å². The van der Waals surface area contributed by atoms with E-state index in [9.17, 15) is 4.79 Å². The van der Waals surface area contributed by atoms with Gasteiger partial charge in [-0.05, 0) is 31.2 Å². The molecule has 0 bridgehead atoms. The molecule has 0 saturated heterocycles. The first-order valence-electron chi connectivity index (χ1n) is 6.85. The zero-order valence-electron chi connectivity index (χ0n) is 11.9. The number of benzene rings is 1. The first-order valence-corrected chi connectivity index (χ1v) is 7.23. The molecule has 0 aliphatic carbocycles. The van der Waals surface area contributed by atoms with E-state index in [-0.39, 0.29) is 19.1 Å². The average molecular weight is 316 g/mol. The van der Waals surface area contributed by atoms with E-state index in [0.717, 1.165) is 0 Å². The van der Waals surface area contributed by atoms with Gasteiger partial charge in [-0.2, -0.15) is 0 Å². The van der Waals surface area contributed by atoms with Gasteiger partial charge in [-0.15, -0.1) is 0 Å². The smallest absolute Gasteiger partial charge is 0.224 e. The molecule has 0 saturated carbocycles. The van der Waals surface area contributed by atoms with Crippen LogP contribution in [0.3, 0.4) is 0 Å². The number of aliphatic hydroxyl groups excluding tert-OH is 2. The number of nitrogens with one attached hydrogen (secondary N) is 1. The van der Waals surface area contributed by atoms with Gasteiger partial charge in [-0.25, -0.2) is 0 Å². The van der Waals surface area contributed by atoms with Crippen LogP contribution in [-0.2, 0) is 4.79 Å². The number of carbonyl (C=O) groups is 1. The molecular formula is C14H22ClN3O3. The molecule has 1 rings (SSSR count). The lowest BCUT2D eigenvalue weighted by Gasteiger charge is -2.19. The largest absolute Gasteiger partial charge is 0.397 e. The van der Waals surface area contributed by atoms with Crippen molar-refractivity contribution in [3.8, 4) is 0 Å². The molecule has 0 aliphatic rings. The maximum absolute atomic E-state index is 11.8. The lowest BCUT2D eigenvalue weighted by molar-refractivity contribution is -0.116. The van der Waals surface area contributed by atoms with Crippen molar-refractivity contribution in [2.24, 2.45) is 0 Å². The van der Waals surface area contributed by atoms with Crippen molar-refractivity contribution < 1.29 is 15.0 Å². The summed E-state index contributed by atoms with van der Waals surface area (Å²) in [6.45, 7) is 1.68. The molecule has 0 unspecified atom stereocenters. The van der Waals surface area contributed by atoms with Gasteiger partial charge in [-0.1, -0.05) is 11.6 Å². The molecule has 0 aromatic heterocycles. The summed E-state index contributed by atoms with van der Waals surface area (Å²) in [6, 6.07) is 4.91. The Labute approximate surface area is 129 Å². The number of aliphatic hydroxyl groups is 2. The molecule has 0 aliphatic heterocycles. The molecule has 118 valence electrons. The molecule has 1 aromatic rings. The summed E-state index contributed by atoms with van der Waals surface area (Å²) in [6.07, 6.45) is 0.964. The van der Waals surface area contributed by atoms with Crippen molar-refractivity contribution in [3.05, 3.63) is 23.2 Å². The normalized spacial score (nSPS) is 10.9. The summed E-state index contributed by atoms with van der Waals surface area (Å²) in [5, 5.41) is 21.0. The minimum absolute atomic E-state index is 0.0330. The Bertz CT molecular complexity index is 451. The van der Waals surface area contributed by atoms with Gasteiger partial charge in [-0.3, -0.25) is 9.69 Å². The van der Waals surface area contributed by atoms with Crippen LogP contribution in [0.25, 0.3) is 0 Å². The van der Waals surface area contributed by atoms with Crippen molar-refractivity contribution in [1.29, 1.82) is 0 Å². The summed E-state index contributed by atoms with van der Waals surface area (Å²) in [7, 11) is 0. The summed E-state index contributed by atoms with van der Waals surface area (Å²) in [4.78, 5) is 13.7. The second-order valence-corrected chi connectivity index (χ2v) is 5.11. The number of nitrogens with two attached hydrogens (primary N) is 1. The minimum atomic E-state index is -0.142. The van der Waals surface area contributed by atoms with Gasteiger partial charge in [0, 0.05) is 24.5 Å². The van der Waals surface area contributed by atoms with Gasteiger partial charge in [0.15, 0.2) is 0 Å². The van der Waals surface area contributed by atoms with E-state index in [4.69, 9.17) is 27.5 Å². The number of nitrogens with zero attached hydrogens (tertiary/aromatic N) is 1. The third kappa shape index (κ3) is 6.77. The van der Waals surface area contributed by atoms with Gasteiger partial charge < -0.3 is 21.3 Å². The van der Waals surface area contributed by atoms with Gasteiger partial charge in [0.2, 0.25) is 5.91 Å². The van der Waals surface area contributed by atoms with Crippen LogP contribution in [0, 0.1) is 0 Å². The van der Waals surface area contributed by atoms with Crippen LogP contribution in [0.15, 0.2) is 18.2 Å². The number of hydrogen-bond acceptors (Lipinski definition) is 5. The monoisotopic (exact) mass is 315 g/mol. The molecule has 5 N–H and O–H groups in total. The fourth-order valence-electron chi connectivity index (χ4n) is 1.93. The molecule has 0 radical (unpaired) electrons. The molecule has 21 heavy (non-hydrogen) atoms. The zero-order chi connectivity index (χ0) is 15.7. The Morgan fingerprint density at radius 2 is 1.90 bits per heavy atom. The highest BCUT2D eigenvalue weighted by atomic mass is 35.5. The van der Waals surface area contributed by atoms with Gasteiger partial charge in [0.05, 0.1) is 24.6 Å². The topological polar surface area (TPSA) is 98.8 Å². The fraction of sp³-hybridized carbons (Fsp3) is 0.500. The lowest BCUT2D eigenvalue weighted by atomic mass is 10.2. The quantitative estimate of drug-likeness (QED) is 0.508. The van der Waals surface area contributed by atoms with Gasteiger partial charge in [0.1, 0.15) is 0 Å². The lowest BCUT2D eigenvalue weighted by Crippen LogP contribution is -2.31. The summed E-state index contributed by atoms with van der Waals surface area (Å²) in [5.41, 5.74) is 6.73. The van der Waals surface area contributed by atoms with E-state index >= 15 is 0 Å². The molecule has 0 fully saturated rings. The van der Waals surface area contributed by atoms with E-state index in [1.807, 2.05) is 4.90 Å². The Morgan fingerprint density at radius 1 is 1.24 bits per heavy atom. The highest BCUT2D eigenvalue weighted by Crippen LogP contribution is 2.23. The number of amides is 1. The first kappa shape index (κ1) is 17.7. The van der Waals surface area contributed by atoms with Crippen LogP contribution in [0.1, 0.15) is 12.8 Å². The highest BCUT2D eigenvalue weighted by molar-refractivity contribution is 6.31. The second-order valence-electron chi connectivity index (χ2n) is 4.67. The number of hydrogen-bond donors (Lipinski definition) is 4. The van der Waals surface area contributed by atoms with E-state index in [1.54, 1.807) is 18.2 Å². The second kappa shape index (κ2) is 9.57. The predicted octanol–water partition coefficient (Wildman–Crippen LogP) is 0.927. The van der Waals surface area contributed by atoms with Crippen molar-refractivity contribution in [3.63, 3.8) is 0 Å². The average Bonchev–Trinajstić information content (AvgIpc) is 2.43. The minimum Gasteiger partial charge on any atom is -0.397 e. The maximum atomic E-state index is 11.8. The van der Waals surface area contributed by atoms with Crippen LogP contribution < -0.4 is 11.1 Å². The van der Waals surface area contributed by atoms with Crippen molar-refractivity contribution in [2.75, 3.05) is 43.9 Å². The standard InChI is InChI=1S/C14H22ClN3O3/c15-11-3-4-12(16)13(10-11)17-14(21)2-1-5-18(6-8-19)7-9-20/h3-4,10,19-20H,1-2,5-9,16H2,(H,17,21). The van der Waals surface area contributed by atoms with E-state index in [2.05, 4.69) is 5.32 Å². The third-order valence-corrected chi connectivity index (χ3v) is 3.24. The number of halogens is 1. The fourth-order valence-corrected chi connectivity index (χ4v) is 2.10. The number of rotatable bonds is 9. The summed E-state index contributed by atoms with van der Waals surface area (Å²) >= 11 is 5.85. The first-order chi connectivity index (χ1) is 10.1. The van der Waals surface area contributed by atoms with Crippen molar-refractivity contribution in [1.82, 2.24) is 4.90 Å². The molecule has 0 heterocycles. The molecular weight excluding hydrogens is 294 g/mol. The van der Waals surface area contributed by atoms with Crippen LogP contribution in [0.5, 0.6) is 0 Å². The molecule has 1 aromatic carbocycles. The zero-order valence-corrected chi connectivity index (χ0v) is 12.6. The van der Waals surface area contributed by atoms with E-state index in [0.29, 0.717) is 48.9 Å². The van der Waals surface area contributed by atoms with Crippen LogP contribution in [-0.4, -0.2) is 53.9 Å². The SMILES string of the molecule is Nc1ccc(Cl)cc1NC(=O)CCCN(CCO)CCO. The van der Waals surface area contributed by atoms with E-state index in [1.165, 1.54) is 0 Å². The van der Waals surface area contributed by atoms with Crippen molar-refractivity contribution in [2.45, 2.75) is 12.8 Å². The maximum Gasteiger partial charge on any atom is 0.224 e. The number of nitrogen functional groups attached to an aromatic ring is 1. The Balaban J connectivity index is 2.38. The Morgan fingerprint density at radius 3 is 2.52 bits per heavy atom. The molecule has 0 atom stereocenters. The van der Waals surface area contributed by atoms with Crippen LogP contribution >= 0.6 is 11.6 Å². The summed E-state index contributed by atoms with van der Waals surface area (Å²) < 4.78 is 0. The summed E-state index contributed by atoms with van der Waals surface area (Å²) in [5.74, 6) is -0.142. The van der Waals surface area contributed by atoms with E-state index < -0.39 is 0 Å². The van der Waals surface area contributed by atoms with Crippen LogP contribution in [0.4, 0.5) is 11.4 Å². The van der Waals surface area contributed by atoms with Crippen LogP contribution in [0.2, 0.25) is 5.02 Å². The third-order valence-electron chi connectivity index (χ3n) is 3.00. The highest BCUT2D eigenvalue weighted by Gasteiger charge is 2.08. The molecule has 1 amide bonds. The molecule has 0 spiro atoms. The Hall–Kier alpha value is -1.34. The predicted molar refractivity (Wildman–Crippen MR) is 84.3 cm³/mol. The number of anilines is 2. The molecule has 6 nitrogen and oxygen atoms in total. The van der Waals surface area contributed by atoms with Crippen molar-refractivity contribution >= 4 is 28.9 Å². The number of carbonyl (C=O) groups excluding carboxylic acids is 1. The molecule has 7 heteroatoms. The van der Waals surface area contributed by atoms with Gasteiger partial charge in [0.25, 0.3) is 0 Å². The Kier molecular flexibility index (Phi) is 8.07.